The van der Waals surface area contributed by atoms with Gasteiger partial charge in [0.05, 0.1) is 5.92 Å². The first-order chi connectivity index (χ1) is 8.46. The van der Waals surface area contributed by atoms with E-state index in [0.717, 1.165) is 0 Å². The zero-order valence-corrected chi connectivity index (χ0v) is 13.3. The van der Waals surface area contributed by atoms with Crippen LogP contribution in [0.5, 0.6) is 0 Å². The number of nitrogens with one attached hydrogen (secondary N) is 1. The highest BCUT2D eigenvalue weighted by atomic mass is 16.4. The van der Waals surface area contributed by atoms with E-state index in [2.05, 4.69) is 33.0 Å². The Morgan fingerprint density at radius 1 is 1.05 bits per heavy atom. The third kappa shape index (κ3) is 6.08. The highest BCUT2D eigenvalue weighted by Crippen LogP contribution is 2.29. The Labute approximate surface area is 117 Å². The van der Waals surface area contributed by atoms with Gasteiger partial charge >= 0.3 is 5.97 Å². The van der Waals surface area contributed by atoms with Gasteiger partial charge in [0.25, 0.3) is 0 Å². The molecule has 0 saturated carbocycles. The van der Waals surface area contributed by atoms with Crippen molar-refractivity contribution >= 4 is 11.9 Å². The lowest BCUT2D eigenvalue weighted by Crippen LogP contribution is -2.44. The minimum Gasteiger partial charge on any atom is -0.481 e. The van der Waals surface area contributed by atoms with Crippen LogP contribution in [0, 0.1) is 23.2 Å². The largest absolute Gasteiger partial charge is 0.481 e. The minimum atomic E-state index is -0.909. The van der Waals surface area contributed by atoms with E-state index in [-0.39, 0.29) is 18.4 Å². The summed E-state index contributed by atoms with van der Waals surface area (Å²) in [4.78, 5) is 23.3. The highest BCUT2D eigenvalue weighted by molar-refractivity contribution is 5.82. The molecule has 1 atom stereocenters. The summed E-state index contributed by atoms with van der Waals surface area (Å²) in [5.41, 5.74) is -0.422. The molecule has 0 unspecified atom stereocenters. The molecule has 0 aromatic carbocycles. The molecule has 0 aliphatic carbocycles. The molecule has 4 nitrogen and oxygen atoms in total. The lowest BCUT2D eigenvalue weighted by Gasteiger charge is -2.29. The van der Waals surface area contributed by atoms with Crippen molar-refractivity contribution in [2.75, 3.05) is 0 Å². The van der Waals surface area contributed by atoms with Gasteiger partial charge in [-0.15, -0.1) is 0 Å². The van der Waals surface area contributed by atoms with Crippen molar-refractivity contribution in [1.82, 2.24) is 5.32 Å². The van der Waals surface area contributed by atoms with Crippen molar-refractivity contribution in [3.8, 4) is 0 Å². The van der Waals surface area contributed by atoms with Gasteiger partial charge in [-0.2, -0.15) is 0 Å². The van der Waals surface area contributed by atoms with E-state index in [1.165, 1.54) is 0 Å². The fraction of sp³-hybridized carbons (Fsp3) is 0.867. The number of carbonyl (C=O) groups excluding carboxylic acids is 1. The second kappa shape index (κ2) is 6.92. The molecule has 112 valence electrons. The average molecular weight is 271 g/mol. The van der Waals surface area contributed by atoms with E-state index in [1.54, 1.807) is 0 Å². The molecule has 2 N–H and O–H groups in total. The monoisotopic (exact) mass is 271 g/mol. The van der Waals surface area contributed by atoms with Crippen LogP contribution in [0.3, 0.4) is 0 Å². The summed E-state index contributed by atoms with van der Waals surface area (Å²) < 4.78 is 0. The van der Waals surface area contributed by atoms with Crippen LogP contribution in [0.4, 0.5) is 0 Å². The van der Waals surface area contributed by atoms with Crippen molar-refractivity contribution in [2.45, 2.75) is 60.9 Å². The second-order valence-electron chi connectivity index (χ2n) is 7.04. The SMILES string of the molecule is CC(C)C(NC(=O)C[C@H](C(=O)O)C(C)(C)C)C(C)C. The molecule has 0 heterocycles. The number of rotatable bonds is 6. The maximum atomic E-state index is 12.0. The molecular weight excluding hydrogens is 242 g/mol. The van der Waals surface area contributed by atoms with Gasteiger partial charge in [-0.3, -0.25) is 9.59 Å². The topological polar surface area (TPSA) is 66.4 Å². The molecule has 0 aromatic heterocycles. The van der Waals surface area contributed by atoms with Crippen LogP contribution < -0.4 is 5.32 Å². The lowest BCUT2D eigenvalue weighted by molar-refractivity contribution is -0.148. The van der Waals surface area contributed by atoms with E-state index in [4.69, 9.17) is 0 Å². The smallest absolute Gasteiger partial charge is 0.307 e. The van der Waals surface area contributed by atoms with Crippen molar-refractivity contribution in [2.24, 2.45) is 23.2 Å². The third-order valence-electron chi connectivity index (χ3n) is 3.50. The van der Waals surface area contributed by atoms with Crippen LogP contribution in [-0.2, 0) is 9.59 Å². The summed E-state index contributed by atoms with van der Waals surface area (Å²) in [6.45, 7) is 13.8. The first-order valence-corrected chi connectivity index (χ1v) is 6.99. The fourth-order valence-corrected chi connectivity index (χ4v) is 2.30. The number of amides is 1. The molecule has 0 saturated heterocycles. The molecule has 4 heteroatoms. The molecule has 0 fully saturated rings. The van der Waals surface area contributed by atoms with Crippen LogP contribution in [-0.4, -0.2) is 23.0 Å². The zero-order valence-electron chi connectivity index (χ0n) is 13.3. The van der Waals surface area contributed by atoms with E-state index in [0.29, 0.717) is 11.8 Å². The molecule has 1 amide bonds. The first-order valence-electron chi connectivity index (χ1n) is 6.99. The Morgan fingerprint density at radius 2 is 1.47 bits per heavy atom. The number of aliphatic carboxylic acids is 1. The summed E-state index contributed by atoms with van der Waals surface area (Å²) in [6, 6.07) is 0.0851. The fourth-order valence-electron chi connectivity index (χ4n) is 2.30. The van der Waals surface area contributed by atoms with Gasteiger partial charge in [0.15, 0.2) is 0 Å². The predicted molar refractivity (Wildman–Crippen MR) is 76.8 cm³/mol. The highest BCUT2D eigenvalue weighted by Gasteiger charge is 2.33. The number of carboxylic acids is 1. The molecular formula is C15H29NO3. The third-order valence-corrected chi connectivity index (χ3v) is 3.50. The number of carboxylic acid groups (broad SMARTS) is 1. The normalized spacial score (nSPS) is 14.0. The van der Waals surface area contributed by atoms with Gasteiger partial charge in [0, 0.05) is 12.5 Å². The lowest BCUT2D eigenvalue weighted by atomic mass is 9.78. The molecule has 0 bridgehead atoms. The Kier molecular flexibility index (Phi) is 6.53. The average Bonchev–Trinajstić information content (AvgIpc) is 2.19. The van der Waals surface area contributed by atoms with E-state index < -0.39 is 17.3 Å². The maximum Gasteiger partial charge on any atom is 0.307 e. The van der Waals surface area contributed by atoms with Crippen LogP contribution >= 0.6 is 0 Å². The summed E-state index contributed by atoms with van der Waals surface area (Å²) in [5, 5.41) is 12.2. The second-order valence-corrected chi connectivity index (χ2v) is 7.04. The quantitative estimate of drug-likeness (QED) is 0.780. The summed E-state index contributed by atoms with van der Waals surface area (Å²) in [7, 11) is 0. The standard InChI is InChI=1S/C15H29NO3/c1-9(2)13(10(3)4)16-12(17)8-11(14(18)19)15(5,6)7/h9-11,13H,8H2,1-7H3,(H,16,17)(H,18,19)/t11-/m1/s1. The number of hydrogen-bond acceptors (Lipinski definition) is 2. The van der Waals surface area contributed by atoms with E-state index in [1.807, 2.05) is 20.8 Å². The van der Waals surface area contributed by atoms with Crippen LogP contribution in [0.2, 0.25) is 0 Å². The Morgan fingerprint density at radius 3 is 1.74 bits per heavy atom. The van der Waals surface area contributed by atoms with Crippen molar-refractivity contribution < 1.29 is 14.7 Å². The molecule has 0 aliphatic heterocycles. The molecule has 0 spiro atoms. The van der Waals surface area contributed by atoms with Crippen molar-refractivity contribution in [1.29, 1.82) is 0 Å². The first kappa shape index (κ1) is 17.9. The van der Waals surface area contributed by atoms with Crippen LogP contribution in [0.1, 0.15) is 54.9 Å². The number of hydrogen-bond donors (Lipinski definition) is 2. The predicted octanol–water partition coefficient (Wildman–Crippen LogP) is 2.92. The van der Waals surface area contributed by atoms with Crippen LogP contribution in [0.15, 0.2) is 0 Å². The van der Waals surface area contributed by atoms with Gasteiger partial charge in [-0.1, -0.05) is 48.5 Å². The molecule has 0 aliphatic rings. The van der Waals surface area contributed by atoms with Gasteiger partial charge in [-0.05, 0) is 17.3 Å². The minimum absolute atomic E-state index is 0.0365. The van der Waals surface area contributed by atoms with Gasteiger partial charge in [-0.25, -0.2) is 0 Å². The summed E-state index contributed by atoms with van der Waals surface area (Å²) in [5.74, 6) is -1.07. The Bertz CT molecular complexity index is 308. The van der Waals surface area contributed by atoms with E-state index in [9.17, 15) is 14.7 Å². The van der Waals surface area contributed by atoms with Crippen LogP contribution in [0.25, 0.3) is 0 Å². The van der Waals surface area contributed by atoms with Gasteiger partial charge < -0.3 is 10.4 Å². The zero-order chi connectivity index (χ0) is 15.4. The van der Waals surface area contributed by atoms with E-state index >= 15 is 0 Å². The van der Waals surface area contributed by atoms with Crippen molar-refractivity contribution in [3.05, 3.63) is 0 Å². The molecule has 0 radical (unpaired) electrons. The Balaban J connectivity index is 4.71. The summed E-state index contributed by atoms with van der Waals surface area (Å²) in [6.07, 6.45) is 0.0365. The van der Waals surface area contributed by atoms with Gasteiger partial charge in [0.1, 0.15) is 0 Å². The molecule has 19 heavy (non-hydrogen) atoms. The molecule has 0 aromatic rings. The van der Waals surface area contributed by atoms with Gasteiger partial charge in [0.2, 0.25) is 5.91 Å². The van der Waals surface area contributed by atoms with Crippen molar-refractivity contribution in [3.63, 3.8) is 0 Å². The Hall–Kier alpha value is -1.06. The number of carbonyl (C=O) groups is 2. The molecule has 0 rings (SSSR count). The summed E-state index contributed by atoms with van der Waals surface area (Å²) >= 11 is 0. The maximum absolute atomic E-state index is 12.0.